The number of para-hydroxylation sites is 1. The Hall–Kier alpha value is -2.50. The van der Waals surface area contributed by atoms with Crippen LogP contribution < -0.4 is 15.4 Å². The highest BCUT2D eigenvalue weighted by molar-refractivity contribution is 5.79. The summed E-state index contributed by atoms with van der Waals surface area (Å²) in [5.74, 6) is 1.73. The van der Waals surface area contributed by atoms with Crippen molar-refractivity contribution in [3.63, 3.8) is 0 Å². The molecule has 2 N–H and O–H groups in total. The molecule has 6 nitrogen and oxygen atoms in total. The zero-order valence-electron chi connectivity index (χ0n) is 15.6. The quantitative estimate of drug-likeness (QED) is 0.570. The van der Waals surface area contributed by atoms with E-state index in [0.717, 1.165) is 36.8 Å². The lowest BCUT2D eigenvalue weighted by Crippen LogP contribution is -2.39. The van der Waals surface area contributed by atoms with Crippen molar-refractivity contribution in [2.45, 2.75) is 33.3 Å². The molecule has 0 fully saturated rings. The van der Waals surface area contributed by atoms with Gasteiger partial charge in [-0.05, 0) is 44.4 Å². The number of guanidine groups is 1. The summed E-state index contributed by atoms with van der Waals surface area (Å²) in [6, 6.07) is 8.05. The van der Waals surface area contributed by atoms with E-state index in [1.54, 1.807) is 0 Å². The number of aryl methyl sites for hydroxylation is 2. The third-order valence-electron chi connectivity index (χ3n) is 3.74. The van der Waals surface area contributed by atoms with Crippen molar-refractivity contribution < 1.29 is 4.74 Å². The van der Waals surface area contributed by atoms with Crippen LogP contribution in [0.5, 0.6) is 5.75 Å². The van der Waals surface area contributed by atoms with Crippen LogP contribution in [0.1, 0.15) is 25.0 Å². The van der Waals surface area contributed by atoms with E-state index in [0.29, 0.717) is 6.54 Å². The van der Waals surface area contributed by atoms with Gasteiger partial charge < -0.3 is 15.4 Å². The molecule has 1 heterocycles. The first-order valence-electron chi connectivity index (χ1n) is 8.80. The van der Waals surface area contributed by atoms with Gasteiger partial charge in [0, 0.05) is 26.3 Å². The third kappa shape index (κ3) is 6.49. The fourth-order valence-electron chi connectivity index (χ4n) is 2.43. The van der Waals surface area contributed by atoms with Crippen molar-refractivity contribution in [3.8, 4) is 5.75 Å². The Morgan fingerprint density at radius 1 is 1.32 bits per heavy atom. The molecule has 0 saturated heterocycles. The van der Waals surface area contributed by atoms with E-state index in [1.807, 2.05) is 49.2 Å². The van der Waals surface area contributed by atoms with E-state index in [1.165, 1.54) is 5.56 Å². The summed E-state index contributed by atoms with van der Waals surface area (Å²) in [4.78, 5) is 4.62. The van der Waals surface area contributed by atoms with Crippen molar-refractivity contribution in [1.29, 1.82) is 0 Å². The van der Waals surface area contributed by atoms with Crippen LogP contribution in [0.2, 0.25) is 0 Å². The van der Waals surface area contributed by atoms with Gasteiger partial charge in [-0.15, -0.1) is 0 Å². The standard InChI is InChI=1S/C19H29N5O/c1-5-20-19(21-11-10-17-13-23-24(4)14-17)22-12-16(3)25-18-9-7-6-8-15(18)2/h6-9,13-14,16H,5,10-12H2,1-4H3,(H2,20,21,22). The maximum absolute atomic E-state index is 5.98. The van der Waals surface area contributed by atoms with Crippen molar-refractivity contribution in [3.05, 3.63) is 47.8 Å². The maximum atomic E-state index is 5.98. The number of benzene rings is 1. The Balaban J connectivity index is 1.82. The van der Waals surface area contributed by atoms with E-state index in [-0.39, 0.29) is 6.10 Å². The monoisotopic (exact) mass is 343 g/mol. The number of rotatable bonds is 8. The summed E-state index contributed by atoms with van der Waals surface area (Å²) in [6.07, 6.45) is 4.84. The second-order valence-corrected chi connectivity index (χ2v) is 6.11. The SMILES string of the molecule is CCNC(=NCC(C)Oc1ccccc1C)NCCc1cnn(C)c1. The van der Waals surface area contributed by atoms with Gasteiger partial charge in [0.15, 0.2) is 5.96 Å². The summed E-state index contributed by atoms with van der Waals surface area (Å²) in [5, 5.41) is 10.8. The Labute approximate surface area is 150 Å². The highest BCUT2D eigenvalue weighted by Gasteiger charge is 2.06. The van der Waals surface area contributed by atoms with Gasteiger partial charge in [0.1, 0.15) is 11.9 Å². The van der Waals surface area contributed by atoms with Crippen LogP contribution in [0.15, 0.2) is 41.7 Å². The van der Waals surface area contributed by atoms with Gasteiger partial charge in [-0.1, -0.05) is 18.2 Å². The highest BCUT2D eigenvalue weighted by atomic mass is 16.5. The molecule has 1 aromatic carbocycles. The van der Waals surface area contributed by atoms with Crippen molar-refractivity contribution in [2.75, 3.05) is 19.6 Å². The van der Waals surface area contributed by atoms with Crippen molar-refractivity contribution in [1.82, 2.24) is 20.4 Å². The highest BCUT2D eigenvalue weighted by Crippen LogP contribution is 2.17. The minimum absolute atomic E-state index is 0.00915. The number of aliphatic imine (C=N–C) groups is 1. The molecular weight excluding hydrogens is 314 g/mol. The molecule has 1 aromatic heterocycles. The third-order valence-corrected chi connectivity index (χ3v) is 3.74. The molecule has 0 aliphatic carbocycles. The average molecular weight is 343 g/mol. The minimum atomic E-state index is 0.00915. The summed E-state index contributed by atoms with van der Waals surface area (Å²) in [7, 11) is 1.93. The molecule has 0 amide bonds. The fraction of sp³-hybridized carbons (Fsp3) is 0.474. The Kier molecular flexibility index (Phi) is 7.32. The molecule has 0 spiro atoms. The summed E-state index contributed by atoms with van der Waals surface area (Å²) in [6.45, 7) is 8.38. The lowest BCUT2D eigenvalue weighted by molar-refractivity contribution is 0.228. The van der Waals surface area contributed by atoms with E-state index in [9.17, 15) is 0 Å². The van der Waals surface area contributed by atoms with Gasteiger partial charge >= 0.3 is 0 Å². The van der Waals surface area contributed by atoms with Gasteiger partial charge in [-0.25, -0.2) is 4.99 Å². The molecule has 0 saturated carbocycles. The Morgan fingerprint density at radius 2 is 2.12 bits per heavy atom. The first-order chi connectivity index (χ1) is 12.1. The molecule has 2 rings (SSSR count). The summed E-state index contributed by atoms with van der Waals surface area (Å²) >= 11 is 0. The van der Waals surface area contributed by atoms with Crippen LogP contribution in [-0.4, -0.2) is 41.5 Å². The zero-order valence-corrected chi connectivity index (χ0v) is 15.6. The normalized spacial score (nSPS) is 12.7. The zero-order chi connectivity index (χ0) is 18.1. The van der Waals surface area contributed by atoms with Gasteiger partial charge in [-0.2, -0.15) is 5.10 Å². The first-order valence-corrected chi connectivity index (χ1v) is 8.80. The van der Waals surface area contributed by atoms with E-state index < -0.39 is 0 Å². The number of hydrogen-bond donors (Lipinski definition) is 2. The summed E-state index contributed by atoms with van der Waals surface area (Å²) < 4.78 is 7.80. The number of nitrogens with one attached hydrogen (secondary N) is 2. The van der Waals surface area contributed by atoms with E-state index in [4.69, 9.17) is 4.74 Å². The second-order valence-electron chi connectivity index (χ2n) is 6.11. The molecule has 1 atom stereocenters. The van der Waals surface area contributed by atoms with Crippen LogP contribution in [0.4, 0.5) is 0 Å². The lowest BCUT2D eigenvalue weighted by atomic mass is 10.2. The molecule has 0 aliphatic heterocycles. The molecular formula is C19H29N5O. The van der Waals surface area contributed by atoms with Gasteiger partial charge in [0.2, 0.25) is 0 Å². The lowest BCUT2D eigenvalue weighted by Gasteiger charge is -2.16. The number of hydrogen-bond acceptors (Lipinski definition) is 3. The Bertz CT molecular complexity index is 680. The van der Waals surface area contributed by atoms with Gasteiger partial charge in [0.05, 0.1) is 12.7 Å². The molecule has 0 bridgehead atoms. The molecule has 1 unspecified atom stereocenters. The summed E-state index contributed by atoms with van der Waals surface area (Å²) in [5.41, 5.74) is 2.35. The number of nitrogens with zero attached hydrogens (tertiary/aromatic N) is 3. The van der Waals surface area contributed by atoms with E-state index >= 15 is 0 Å². The van der Waals surface area contributed by atoms with Crippen LogP contribution >= 0.6 is 0 Å². The first kappa shape index (κ1) is 18.8. The topological polar surface area (TPSA) is 63.5 Å². The average Bonchev–Trinajstić information content (AvgIpc) is 3.00. The number of aromatic nitrogens is 2. The largest absolute Gasteiger partial charge is 0.489 e. The molecule has 136 valence electrons. The fourth-order valence-corrected chi connectivity index (χ4v) is 2.43. The van der Waals surface area contributed by atoms with E-state index in [2.05, 4.69) is 40.6 Å². The van der Waals surface area contributed by atoms with Crippen LogP contribution in [0.25, 0.3) is 0 Å². The molecule has 6 heteroatoms. The smallest absolute Gasteiger partial charge is 0.191 e. The molecule has 25 heavy (non-hydrogen) atoms. The van der Waals surface area contributed by atoms with Crippen molar-refractivity contribution in [2.24, 2.45) is 12.0 Å². The van der Waals surface area contributed by atoms with Gasteiger partial charge in [0.25, 0.3) is 0 Å². The maximum Gasteiger partial charge on any atom is 0.191 e. The predicted molar refractivity (Wildman–Crippen MR) is 102 cm³/mol. The van der Waals surface area contributed by atoms with Crippen LogP contribution in [0, 0.1) is 6.92 Å². The van der Waals surface area contributed by atoms with Crippen LogP contribution in [-0.2, 0) is 13.5 Å². The van der Waals surface area contributed by atoms with Gasteiger partial charge in [-0.3, -0.25) is 4.68 Å². The second kappa shape index (κ2) is 9.71. The predicted octanol–water partition coefficient (Wildman–Crippen LogP) is 2.29. The molecule has 0 radical (unpaired) electrons. The van der Waals surface area contributed by atoms with Crippen molar-refractivity contribution >= 4 is 5.96 Å². The molecule has 2 aromatic rings. The minimum Gasteiger partial charge on any atom is -0.489 e. The van der Waals surface area contributed by atoms with Crippen LogP contribution in [0.3, 0.4) is 0 Å². The number of ether oxygens (including phenoxy) is 1. The molecule has 0 aliphatic rings. The Morgan fingerprint density at radius 3 is 2.80 bits per heavy atom.